The molecule has 2 amide bonds. The number of hydrogen-bond donors (Lipinski definition) is 3. The Bertz CT molecular complexity index is 269. The topological polar surface area (TPSA) is 78.4 Å². The van der Waals surface area contributed by atoms with E-state index in [-0.39, 0.29) is 17.8 Å². The smallest absolute Gasteiger partial charge is 0.251 e. The normalized spacial score (nSPS) is 18.6. The molecule has 90 valence electrons. The Morgan fingerprint density at radius 2 is 2.12 bits per heavy atom. The number of aliphatic hydroxyl groups is 1. The van der Waals surface area contributed by atoms with Crippen molar-refractivity contribution in [3.63, 3.8) is 0 Å². The first-order valence-electron chi connectivity index (χ1n) is 5.80. The molecule has 0 heterocycles. The van der Waals surface area contributed by atoms with Crippen molar-refractivity contribution in [2.45, 2.75) is 50.8 Å². The Kier molecular flexibility index (Phi) is 4.80. The van der Waals surface area contributed by atoms with Gasteiger partial charge in [-0.3, -0.25) is 9.59 Å². The second kappa shape index (κ2) is 5.89. The van der Waals surface area contributed by atoms with Gasteiger partial charge >= 0.3 is 0 Å². The zero-order valence-corrected chi connectivity index (χ0v) is 9.82. The van der Waals surface area contributed by atoms with Crippen molar-refractivity contribution < 1.29 is 14.7 Å². The molecule has 1 saturated carbocycles. The van der Waals surface area contributed by atoms with Gasteiger partial charge in [0.05, 0.1) is 6.04 Å². The average Bonchev–Trinajstić information content (AvgIpc) is 2.99. The Labute approximate surface area is 96.4 Å². The SMILES string of the molecule is BC(=O)N[C@@H](CCC)C(O)C(=O)NC1CC1. The predicted octanol–water partition coefficient (Wildman–Crippen LogP) is -0.863. The molecule has 1 fully saturated rings. The molecular weight excluding hydrogens is 207 g/mol. The van der Waals surface area contributed by atoms with Gasteiger partial charge in [-0.25, -0.2) is 0 Å². The molecule has 0 aliphatic heterocycles. The van der Waals surface area contributed by atoms with E-state index in [4.69, 9.17) is 0 Å². The van der Waals surface area contributed by atoms with E-state index in [0.29, 0.717) is 6.42 Å². The second-order valence-electron chi connectivity index (χ2n) is 4.32. The lowest BCUT2D eigenvalue weighted by Crippen LogP contribution is -2.50. The first-order chi connectivity index (χ1) is 7.54. The lowest BCUT2D eigenvalue weighted by atomic mass is 10.0. The van der Waals surface area contributed by atoms with Gasteiger partial charge in [-0.05, 0) is 19.3 Å². The molecule has 0 aromatic rings. The van der Waals surface area contributed by atoms with Crippen molar-refractivity contribution in [3.8, 4) is 0 Å². The van der Waals surface area contributed by atoms with E-state index in [1.165, 1.54) is 7.85 Å². The number of aliphatic hydroxyl groups excluding tert-OH is 1. The number of carbonyl (C=O) groups excluding carboxylic acids is 2. The van der Waals surface area contributed by atoms with Crippen LogP contribution in [-0.4, -0.2) is 42.9 Å². The Morgan fingerprint density at radius 3 is 2.56 bits per heavy atom. The van der Waals surface area contributed by atoms with E-state index in [1.54, 1.807) is 0 Å². The van der Waals surface area contributed by atoms with Crippen LogP contribution in [0.2, 0.25) is 0 Å². The van der Waals surface area contributed by atoms with Gasteiger partial charge in [0.25, 0.3) is 5.91 Å². The van der Waals surface area contributed by atoms with Gasteiger partial charge in [0.1, 0.15) is 0 Å². The largest absolute Gasteiger partial charge is 0.381 e. The fourth-order valence-corrected chi connectivity index (χ4v) is 1.58. The third-order valence-electron chi connectivity index (χ3n) is 2.56. The fraction of sp³-hybridized carbons (Fsp3) is 0.800. The van der Waals surface area contributed by atoms with Gasteiger partial charge in [-0.2, -0.15) is 0 Å². The summed E-state index contributed by atoms with van der Waals surface area (Å²) in [5.74, 6) is -0.605. The van der Waals surface area contributed by atoms with Gasteiger partial charge in [-0.15, -0.1) is 0 Å². The van der Waals surface area contributed by atoms with Crippen molar-refractivity contribution in [2.75, 3.05) is 0 Å². The highest BCUT2D eigenvalue weighted by Gasteiger charge is 2.30. The summed E-state index contributed by atoms with van der Waals surface area (Å²) < 4.78 is 0. The van der Waals surface area contributed by atoms with Crippen LogP contribution in [-0.2, 0) is 4.79 Å². The molecule has 0 aromatic heterocycles. The number of amides is 2. The van der Waals surface area contributed by atoms with E-state index >= 15 is 0 Å². The Hall–Kier alpha value is -1.04. The van der Waals surface area contributed by atoms with Crippen LogP contribution >= 0.6 is 0 Å². The van der Waals surface area contributed by atoms with Gasteiger partial charge < -0.3 is 15.7 Å². The molecule has 0 spiro atoms. The lowest BCUT2D eigenvalue weighted by molar-refractivity contribution is -0.130. The molecule has 2 atom stereocenters. The maximum Gasteiger partial charge on any atom is 0.251 e. The Balaban J connectivity index is 2.46. The molecule has 1 unspecified atom stereocenters. The third-order valence-corrected chi connectivity index (χ3v) is 2.56. The van der Waals surface area contributed by atoms with E-state index < -0.39 is 12.1 Å². The second-order valence-corrected chi connectivity index (χ2v) is 4.32. The highest BCUT2D eigenvalue weighted by atomic mass is 16.3. The van der Waals surface area contributed by atoms with Crippen LogP contribution in [0, 0.1) is 0 Å². The van der Waals surface area contributed by atoms with E-state index in [0.717, 1.165) is 19.3 Å². The van der Waals surface area contributed by atoms with Crippen molar-refractivity contribution >= 4 is 19.6 Å². The summed E-state index contributed by atoms with van der Waals surface area (Å²) in [6.07, 6.45) is 2.22. The first kappa shape index (κ1) is 13.0. The average molecular weight is 226 g/mol. The maximum absolute atomic E-state index is 11.6. The number of hydrogen-bond acceptors (Lipinski definition) is 3. The van der Waals surface area contributed by atoms with Crippen molar-refractivity contribution in [3.05, 3.63) is 0 Å². The van der Waals surface area contributed by atoms with E-state index in [2.05, 4.69) is 10.6 Å². The summed E-state index contributed by atoms with van der Waals surface area (Å²) in [5.41, 5.74) is 0. The molecule has 0 radical (unpaired) electrons. The molecule has 1 aliphatic rings. The van der Waals surface area contributed by atoms with Crippen LogP contribution in [0.5, 0.6) is 0 Å². The highest BCUT2D eigenvalue weighted by Crippen LogP contribution is 2.19. The zero-order chi connectivity index (χ0) is 12.1. The Morgan fingerprint density at radius 1 is 1.50 bits per heavy atom. The molecule has 0 bridgehead atoms. The summed E-state index contributed by atoms with van der Waals surface area (Å²) in [6, 6.07) is -0.261. The summed E-state index contributed by atoms with van der Waals surface area (Å²) in [5, 5.41) is 15.1. The number of nitrogens with one attached hydrogen (secondary N) is 2. The standard InChI is InChI=1S/C10H19BN2O3/c1-2-3-7(13-10(11)16)8(14)9(15)12-6-4-5-6/h6-8,14H,2-5,11H2,1H3,(H,12,15)(H,13,16)/t7-,8?/m0/s1. The first-order valence-corrected chi connectivity index (χ1v) is 5.80. The van der Waals surface area contributed by atoms with Crippen molar-refractivity contribution in [1.29, 1.82) is 0 Å². The van der Waals surface area contributed by atoms with E-state index in [9.17, 15) is 14.7 Å². The highest BCUT2D eigenvalue weighted by molar-refractivity contribution is 6.57. The molecule has 3 N–H and O–H groups in total. The van der Waals surface area contributed by atoms with Crippen LogP contribution in [0.1, 0.15) is 32.6 Å². The minimum Gasteiger partial charge on any atom is -0.381 e. The molecule has 1 rings (SSSR count). The summed E-state index contributed by atoms with van der Waals surface area (Å²) in [4.78, 5) is 22.5. The summed E-state index contributed by atoms with van der Waals surface area (Å²) >= 11 is 0. The fourth-order valence-electron chi connectivity index (χ4n) is 1.58. The van der Waals surface area contributed by atoms with Gasteiger partial charge in [-0.1, -0.05) is 13.3 Å². The minimum atomic E-state index is -1.15. The maximum atomic E-state index is 11.6. The van der Waals surface area contributed by atoms with Crippen LogP contribution in [0.3, 0.4) is 0 Å². The summed E-state index contributed by atoms with van der Waals surface area (Å²) in [6.45, 7) is 1.94. The molecule has 16 heavy (non-hydrogen) atoms. The minimum absolute atomic E-state index is 0.224. The third kappa shape index (κ3) is 4.22. The van der Waals surface area contributed by atoms with Gasteiger partial charge in [0.15, 0.2) is 11.9 Å². The van der Waals surface area contributed by atoms with Crippen LogP contribution in [0.4, 0.5) is 4.79 Å². The lowest BCUT2D eigenvalue weighted by Gasteiger charge is -2.22. The van der Waals surface area contributed by atoms with Crippen molar-refractivity contribution in [1.82, 2.24) is 10.6 Å². The van der Waals surface area contributed by atoms with Crippen LogP contribution in [0.25, 0.3) is 0 Å². The van der Waals surface area contributed by atoms with E-state index in [1.807, 2.05) is 6.92 Å². The molecule has 6 heteroatoms. The molecular formula is C10H19BN2O3. The van der Waals surface area contributed by atoms with Gasteiger partial charge in [0, 0.05) is 6.04 Å². The van der Waals surface area contributed by atoms with Crippen molar-refractivity contribution in [2.24, 2.45) is 0 Å². The quantitative estimate of drug-likeness (QED) is 0.515. The molecule has 0 saturated heterocycles. The summed E-state index contributed by atoms with van der Waals surface area (Å²) in [7, 11) is 1.38. The monoisotopic (exact) mass is 226 g/mol. The van der Waals surface area contributed by atoms with Crippen LogP contribution < -0.4 is 10.6 Å². The number of carbonyl (C=O) groups is 2. The number of rotatable bonds is 6. The predicted molar refractivity (Wildman–Crippen MR) is 62.9 cm³/mol. The molecule has 5 nitrogen and oxygen atoms in total. The van der Waals surface area contributed by atoms with Gasteiger partial charge in [0.2, 0.25) is 7.85 Å². The molecule has 0 aromatic carbocycles. The molecule has 1 aliphatic carbocycles. The zero-order valence-electron chi connectivity index (χ0n) is 9.82. The van der Waals surface area contributed by atoms with Crippen LogP contribution in [0.15, 0.2) is 0 Å².